The highest BCUT2D eigenvalue weighted by Gasteiger charge is 2.26. The Morgan fingerprint density at radius 2 is 1.77 bits per heavy atom. The number of carbonyl (C=O) groups is 1. The lowest BCUT2D eigenvalue weighted by Crippen LogP contribution is -2.21. The van der Waals surface area contributed by atoms with Gasteiger partial charge in [-0.3, -0.25) is 4.79 Å². The summed E-state index contributed by atoms with van der Waals surface area (Å²) in [6, 6.07) is 7.80. The number of halogens is 3. The topological polar surface area (TPSA) is 71.0 Å². The third-order valence-corrected chi connectivity index (χ3v) is 5.72. The SMILES string of the molecule is O=C(Nc1ccc(SC(F)(F)Cl)cc1)c1cnc(N2CCCC2)c(-c2cncnc2)c1. The molecule has 1 aliphatic rings. The fraction of sp³-hybridized carbons (Fsp3) is 0.238. The maximum absolute atomic E-state index is 12.9. The summed E-state index contributed by atoms with van der Waals surface area (Å²) in [4.78, 5) is 28.0. The van der Waals surface area contributed by atoms with Gasteiger partial charge in [-0.25, -0.2) is 15.0 Å². The quantitative estimate of drug-likeness (QED) is 0.398. The predicted octanol–water partition coefficient (Wildman–Crippen LogP) is 5.27. The maximum atomic E-state index is 12.9. The number of pyridine rings is 1. The van der Waals surface area contributed by atoms with Gasteiger partial charge in [-0.05, 0) is 66.5 Å². The largest absolute Gasteiger partial charge is 0.375 e. The summed E-state index contributed by atoms with van der Waals surface area (Å²) in [6.07, 6.45) is 8.55. The Hall–Kier alpha value is -2.78. The first kappa shape index (κ1) is 21.5. The molecule has 0 atom stereocenters. The van der Waals surface area contributed by atoms with Crippen molar-refractivity contribution in [3.8, 4) is 11.1 Å². The summed E-state index contributed by atoms with van der Waals surface area (Å²) in [5, 5.41) is 2.76. The molecule has 0 radical (unpaired) electrons. The first-order chi connectivity index (χ1) is 14.9. The molecule has 1 aliphatic heterocycles. The number of benzene rings is 1. The molecule has 6 nitrogen and oxygen atoms in total. The highest BCUT2D eigenvalue weighted by molar-refractivity contribution is 8.01. The summed E-state index contributed by atoms with van der Waals surface area (Å²) in [5.41, 5.74) is 2.40. The Morgan fingerprint density at radius 1 is 1.10 bits per heavy atom. The van der Waals surface area contributed by atoms with Gasteiger partial charge in [0.1, 0.15) is 12.1 Å². The van der Waals surface area contributed by atoms with Crippen LogP contribution in [0.5, 0.6) is 0 Å². The number of anilines is 2. The number of thioether (sulfide) groups is 1. The molecule has 3 heterocycles. The molecular formula is C21H18ClF2N5OS. The Balaban J connectivity index is 1.57. The third-order valence-electron chi connectivity index (χ3n) is 4.75. The molecule has 4 rings (SSSR count). The summed E-state index contributed by atoms with van der Waals surface area (Å²) >= 11 is 5.17. The van der Waals surface area contributed by atoms with Crippen molar-refractivity contribution >= 4 is 40.8 Å². The Bertz CT molecular complexity index is 1060. The zero-order valence-electron chi connectivity index (χ0n) is 16.3. The first-order valence-electron chi connectivity index (χ1n) is 9.56. The van der Waals surface area contributed by atoms with Crippen molar-refractivity contribution in [1.29, 1.82) is 0 Å². The number of rotatable bonds is 6. The van der Waals surface area contributed by atoms with E-state index in [9.17, 15) is 13.6 Å². The Kier molecular flexibility index (Phi) is 6.33. The lowest BCUT2D eigenvalue weighted by atomic mass is 10.1. The van der Waals surface area contributed by atoms with Crippen molar-refractivity contribution in [1.82, 2.24) is 15.0 Å². The Labute approximate surface area is 187 Å². The van der Waals surface area contributed by atoms with E-state index in [-0.39, 0.29) is 17.7 Å². The Morgan fingerprint density at radius 3 is 2.42 bits per heavy atom. The van der Waals surface area contributed by atoms with Crippen LogP contribution >= 0.6 is 23.4 Å². The van der Waals surface area contributed by atoms with Gasteiger partial charge >= 0.3 is 4.71 Å². The van der Waals surface area contributed by atoms with Crippen molar-refractivity contribution in [2.24, 2.45) is 0 Å². The number of amides is 1. The minimum atomic E-state index is -3.38. The van der Waals surface area contributed by atoms with Gasteiger partial charge in [0.2, 0.25) is 0 Å². The minimum absolute atomic E-state index is 0.231. The summed E-state index contributed by atoms with van der Waals surface area (Å²) in [7, 11) is 0. The van der Waals surface area contributed by atoms with Gasteiger partial charge in [-0.2, -0.15) is 8.78 Å². The maximum Gasteiger partial charge on any atom is 0.375 e. The number of alkyl halides is 3. The van der Waals surface area contributed by atoms with Gasteiger partial charge in [0.05, 0.1) is 5.56 Å². The van der Waals surface area contributed by atoms with Crippen LogP contribution < -0.4 is 10.2 Å². The van der Waals surface area contributed by atoms with E-state index in [1.807, 2.05) is 0 Å². The number of hydrogen-bond acceptors (Lipinski definition) is 6. The van der Waals surface area contributed by atoms with Crippen LogP contribution in [-0.2, 0) is 0 Å². The minimum Gasteiger partial charge on any atom is -0.356 e. The summed E-state index contributed by atoms with van der Waals surface area (Å²) < 4.78 is 22.4. The first-order valence-corrected chi connectivity index (χ1v) is 10.8. The average molecular weight is 462 g/mol. The number of nitrogens with one attached hydrogen (secondary N) is 1. The molecule has 31 heavy (non-hydrogen) atoms. The van der Waals surface area contributed by atoms with Crippen molar-refractivity contribution in [3.63, 3.8) is 0 Å². The molecule has 0 bridgehead atoms. The van der Waals surface area contributed by atoms with Crippen LogP contribution in [-0.4, -0.2) is 38.7 Å². The lowest BCUT2D eigenvalue weighted by molar-refractivity contribution is 0.102. The second-order valence-electron chi connectivity index (χ2n) is 6.94. The molecule has 1 fully saturated rings. The summed E-state index contributed by atoms with van der Waals surface area (Å²) in [5.74, 6) is 0.439. The second-order valence-corrected chi connectivity index (χ2v) is 8.83. The standard InChI is InChI=1S/C21H18ClF2N5OS/c22-21(23,24)31-17-5-3-16(4-6-17)28-20(30)14-9-18(15-10-25-13-26-11-15)19(27-12-14)29-7-1-2-8-29/h3-6,9-13H,1-2,7-8H2,(H,28,30). The fourth-order valence-electron chi connectivity index (χ4n) is 3.36. The van der Waals surface area contributed by atoms with Gasteiger partial charge in [0, 0.05) is 53.4 Å². The van der Waals surface area contributed by atoms with Crippen molar-refractivity contribution in [3.05, 3.63) is 60.8 Å². The molecule has 1 amide bonds. The molecule has 0 spiro atoms. The molecule has 3 aromatic rings. The van der Waals surface area contributed by atoms with Crippen LogP contribution in [0, 0.1) is 0 Å². The van der Waals surface area contributed by atoms with E-state index < -0.39 is 4.71 Å². The van der Waals surface area contributed by atoms with Gasteiger partial charge in [0.25, 0.3) is 5.91 Å². The molecule has 1 saturated heterocycles. The van der Waals surface area contributed by atoms with Crippen LogP contribution in [0.15, 0.2) is 60.1 Å². The zero-order chi connectivity index (χ0) is 21.8. The van der Waals surface area contributed by atoms with Crippen molar-refractivity contribution < 1.29 is 13.6 Å². The van der Waals surface area contributed by atoms with E-state index >= 15 is 0 Å². The third kappa shape index (κ3) is 5.48. The molecule has 0 aliphatic carbocycles. The van der Waals surface area contributed by atoms with Crippen molar-refractivity contribution in [2.75, 3.05) is 23.3 Å². The van der Waals surface area contributed by atoms with E-state index in [0.29, 0.717) is 16.1 Å². The lowest BCUT2D eigenvalue weighted by Gasteiger charge is -2.20. The van der Waals surface area contributed by atoms with E-state index in [2.05, 4.69) is 25.2 Å². The van der Waals surface area contributed by atoms with E-state index in [4.69, 9.17) is 11.6 Å². The van der Waals surface area contributed by atoms with E-state index in [1.165, 1.54) is 24.7 Å². The molecule has 0 unspecified atom stereocenters. The molecule has 1 N–H and O–H groups in total. The van der Waals surface area contributed by atoms with Crippen molar-refractivity contribution in [2.45, 2.75) is 22.5 Å². The normalized spacial score (nSPS) is 14.0. The molecular weight excluding hydrogens is 444 g/mol. The summed E-state index contributed by atoms with van der Waals surface area (Å²) in [6.45, 7) is 1.82. The van der Waals surface area contributed by atoms with Crippen LogP contribution in [0.1, 0.15) is 23.2 Å². The second kappa shape index (κ2) is 9.15. The van der Waals surface area contributed by atoms with Crippen LogP contribution in [0.2, 0.25) is 0 Å². The fourth-order valence-corrected chi connectivity index (χ4v) is 4.16. The van der Waals surface area contributed by atoms with Crippen LogP contribution in [0.3, 0.4) is 0 Å². The molecule has 0 saturated carbocycles. The molecule has 1 aromatic carbocycles. The van der Waals surface area contributed by atoms with Gasteiger partial charge in [-0.15, -0.1) is 0 Å². The van der Waals surface area contributed by atoms with Gasteiger partial charge in [0.15, 0.2) is 0 Å². The highest BCUT2D eigenvalue weighted by Crippen LogP contribution is 2.39. The highest BCUT2D eigenvalue weighted by atomic mass is 35.5. The molecule has 160 valence electrons. The van der Waals surface area contributed by atoms with E-state index in [0.717, 1.165) is 42.9 Å². The van der Waals surface area contributed by atoms with Gasteiger partial charge < -0.3 is 10.2 Å². The number of nitrogens with zero attached hydrogens (tertiary/aromatic N) is 4. The number of hydrogen-bond donors (Lipinski definition) is 1. The zero-order valence-corrected chi connectivity index (χ0v) is 17.8. The molecule has 10 heteroatoms. The van der Waals surface area contributed by atoms with E-state index in [1.54, 1.807) is 30.6 Å². The van der Waals surface area contributed by atoms with Crippen LogP contribution in [0.25, 0.3) is 11.1 Å². The predicted molar refractivity (Wildman–Crippen MR) is 118 cm³/mol. The number of aromatic nitrogens is 3. The average Bonchev–Trinajstić information content (AvgIpc) is 3.29. The van der Waals surface area contributed by atoms with Crippen LogP contribution in [0.4, 0.5) is 20.3 Å². The monoisotopic (exact) mass is 461 g/mol. The molecule has 2 aromatic heterocycles. The smallest absolute Gasteiger partial charge is 0.356 e. The number of carbonyl (C=O) groups excluding carboxylic acids is 1. The van der Waals surface area contributed by atoms with Gasteiger partial charge in [-0.1, -0.05) is 0 Å².